The number of carbonyl (C=O) groups is 2. The summed E-state index contributed by atoms with van der Waals surface area (Å²) in [4.78, 5) is 26.3. The molecule has 1 aliphatic carbocycles. The number of hydrogen-bond donors (Lipinski definition) is 2. The van der Waals surface area contributed by atoms with Gasteiger partial charge in [-0.1, -0.05) is 74.4 Å². The van der Waals surface area contributed by atoms with Gasteiger partial charge in [-0.2, -0.15) is 0 Å². The minimum Gasteiger partial charge on any atom is -0.334 e. The van der Waals surface area contributed by atoms with Crippen molar-refractivity contribution in [2.24, 2.45) is 5.92 Å². The zero-order chi connectivity index (χ0) is 23.3. The molecule has 2 aromatic carbocycles. The van der Waals surface area contributed by atoms with E-state index in [1.165, 1.54) is 11.1 Å². The molecule has 2 aliphatic rings. The van der Waals surface area contributed by atoms with E-state index in [2.05, 4.69) is 48.9 Å². The number of benzene rings is 2. The number of quaternary nitrogens is 1. The SMILES string of the molecule is CCc1ccc(C2CC(NC(=O)NCc3ccccc3)C[N+](C)(C(=O)C3CCCC3)C2)cc1. The number of piperidine rings is 1. The van der Waals surface area contributed by atoms with Gasteiger partial charge in [0.1, 0.15) is 6.54 Å². The maximum absolute atomic E-state index is 13.6. The molecule has 5 heteroatoms. The summed E-state index contributed by atoms with van der Waals surface area (Å²) in [6.07, 6.45) is 6.21. The second-order valence-corrected chi connectivity index (χ2v) is 10.1. The van der Waals surface area contributed by atoms with E-state index in [-0.39, 0.29) is 23.9 Å². The van der Waals surface area contributed by atoms with Gasteiger partial charge in [-0.3, -0.25) is 4.48 Å². The molecule has 0 radical (unpaired) electrons. The summed E-state index contributed by atoms with van der Waals surface area (Å²) in [6.45, 7) is 4.13. The summed E-state index contributed by atoms with van der Waals surface area (Å²) < 4.78 is 0.411. The molecule has 33 heavy (non-hydrogen) atoms. The predicted molar refractivity (Wildman–Crippen MR) is 132 cm³/mol. The predicted octanol–water partition coefficient (Wildman–Crippen LogP) is 4.77. The van der Waals surface area contributed by atoms with Crippen LogP contribution in [0, 0.1) is 5.92 Å². The fraction of sp³-hybridized carbons (Fsp3) is 0.500. The number of carbonyl (C=O) groups excluding carboxylic acids is 2. The van der Waals surface area contributed by atoms with Crippen LogP contribution in [-0.4, -0.2) is 42.6 Å². The minimum absolute atomic E-state index is 0.0410. The Labute approximate surface area is 198 Å². The molecule has 2 aromatic rings. The molecule has 1 aliphatic heterocycles. The first-order valence-corrected chi connectivity index (χ1v) is 12.5. The minimum atomic E-state index is -0.161. The van der Waals surface area contributed by atoms with Crippen LogP contribution in [0.25, 0.3) is 0 Å². The Morgan fingerprint density at radius 1 is 0.939 bits per heavy atom. The van der Waals surface area contributed by atoms with Crippen molar-refractivity contribution in [3.05, 3.63) is 71.3 Å². The van der Waals surface area contributed by atoms with Crippen LogP contribution in [0.1, 0.15) is 61.6 Å². The zero-order valence-corrected chi connectivity index (χ0v) is 20.1. The molecule has 2 N–H and O–H groups in total. The molecule has 1 saturated carbocycles. The lowest BCUT2D eigenvalue weighted by Gasteiger charge is -2.44. The molecular formula is C28H38N3O2+. The summed E-state index contributed by atoms with van der Waals surface area (Å²) in [5.74, 6) is 0.780. The largest absolute Gasteiger partial charge is 0.334 e. The van der Waals surface area contributed by atoms with E-state index >= 15 is 0 Å². The molecule has 2 fully saturated rings. The third-order valence-corrected chi connectivity index (χ3v) is 7.54. The topological polar surface area (TPSA) is 58.2 Å². The summed E-state index contributed by atoms with van der Waals surface area (Å²) in [5.41, 5.74) is 3.66. The molecule has 4 rings (SSSR count). The summed E-state index contributed by atoms with van der Waals surface area (Å²) in [7, 11) is 2.09. The molecule has 5 nitrogen and oxygen atoms in total. The average molecular weight is 449 g/mol. The van der Waals surface area contributed by atoms with E-state index in [0.29, 0.717) is 23.5 Å². The Kier molecular flexibility index (Phi) is 7.49. The van der Waals surface area contributed by atoms with Crippen molar-refractivity contribution in [3.8, 4) is 0 Å². The first-order valence-electron chi connectivity index (χ1n) is 12.5. The van der Waals surface area contributed by atoms with Crippen LogP contribution in [0.15, 0.2) is 54.6 Å². The third kappa shape index (κ3) is 5.83. The van der Waals surface area contributed by atoms with Gasteiger partial charge in [0, 0.05) is 12.5 Å². The van der Waals surface area contributed by atoms with Crippen molar-refractivity contribution in [1.82, 2.24) is 10.6 Å². The highest BCUT2D eigenvalue weighted by Gasteiger charge is 2.46. The normalized spacial score (nSPS) is 25.5. The van der Waals surface area contributed by atoms with Gasteiger partial charge in [0.25, 0.3) is 0 Å². The lowest BCUT2D eigenvalue weighted by atomic mass is 9.85. The van der Waals surface area contributed by atoms with E-state index in [4.69, 9.17) is 0 Å². The second kappa shape index (κ2) is 10.5. The molecule has 3 amide bonds. The first-order chi connectivity index (χ1) is 16.0. The molecule has 3 unspecified atom stereocenters. The van der Waals surface area contributed by atoms with Gasteiger partial charge < -0.3 is 10.6 Å². The molecular weight excluding hydrogens is 410 g/mol. The number of nitrogens with zero attached hydrogens (tertiary/aromatic N) is 1. The van der Waals surface area contributed by atoms with Crippen molar-refractivity contribution >= 4 is 11.9 Å². The lowest BCUT2D eigenvalue weighted by Crippen LogP contribution is -2.63. The number of hydrogen-bond acceptors (Lipinski definition) is 2. The average Bonchev–Trinajstić information content (AvgIpc) is 3.37. The number of likely N-dealkylation sites (tertiary alicyclic amines) is 1. The van der Waals surface area contributed by atoms with Crippen LogP contribution in [0.3, 0.4) is 0 Å². The Morgan fingerprint density at radius 3 is 2.30 bits per heavy atom. The van der Waals surface area contributed by atoms with Gasteiger partial charge in [-0.05, 0) is 42.4 Å². The second-order valence-electron chi connectivity index (χ2n) is 10.1. The van der Waals surface area contributed by atoms with E-state index in [1.807, 2.05) is 30.3 Å². The van der Waals surface area contributed by atoms with E-state index in [0.717, 1.165) is 50.6 Å². The van der Waals surface area contributed by atoms with Crippen molar-refractivity contribution in [1.29, 1.82) is 0 Å². The monoisotopic (exact) mass is 448 g/mol. The van der Waals surface area contributed by atoms with Crippen LogP contribution in [0.4, 0.5) is 4.79 Å². The Bertz CT molecular complexity index is 937. The molecule has 0 bridgehead atoms. The van der Waals surface area contributed by atoms with Gasteiger partial charge in [0.05, 0.1) is 25.6 Å². The standard InChI is InChI=1S/C28H37N3O2/c1-3-21-13-15-23(16-14-21)25-17-26(30-28(33)29-18-22-9-5-4-6-10-22)20-31(2,19-25)27(32)24-11-7-8-12-24/h4-6,9-10,13-16,24-26H,3,7-8,11-12,17-20H2,1-2H3,(H-,29,30,33)/p+1. The lowest BCUT2D eigenvalue weighted by molar-refractivity contribution is -0.844. The highest BCUT2D eigenvalue weighted by atomic mass is 16.2. The van der Waals surface area contributed by atoms with Crippen LogP contribution in [0.5, 0.6) is 0 Å². The fourth-order valence-corrected chi connectivity index (χ4v) is 5.72. The van der Waals surface area contributed by atoms with Gasteiger partial charge >= 0.3 is 11.9 Å². The smallest absolute Gasteiger partial charge is 0.316 e. The molecule has 3 atom stereocenters. The third-order valence-electron chi connectivity index (χ3n) is 7.54. The van der Waals surface area contributed by atoms with Gasteiger partial charge in [-0.25, -0.2) is 9.59 Å². The number of rotatable bonds is 6. The molecule has 0 spiro atoms. The fourth-order valence-electron chi connectivity index (χ4n) is 5.72. The number of urea groups is 1. The maximum atomic E-state index is 13.6. The maximum Gasteiger partial charge on any atom is 0.316 e. The summed E-state index contributed by atoms with van der Waals surface area (Å²) in [5, 5.41) is 6.18. The van der Waals surface area contributed by atoms with Crippen LogP contribution >= 0.6 is 0 Å². The zero-order valence-electron chi connectivity index (χ0n) is 20.1. The first kappa shape index (κ1) is 23.5. The van der Waals surface area contributed by atoms with Crippen molar-refractivity contribution < 1.29 is 14.1 Å². The van der Waals surface area contributed by atoms with Gasteiger partial charge in [-0.15, -0.1) is 0 Å². The Balaban J connectivity index is 1.48. The van der Waals surface area contributed by atoms with Crippen molar-refractivity contribution in [2.45, 2.75) is 64.0 Å². The molecule has 1 heterocycles. The van der Waals surface area contributed by atoms with Crippen molar-refractivity contribution in [3.63, 3.8) is 0 Å². The Morgan fingerprint density at radius 2 is 1.64 bits per heavy atom. The van der Waals surface area contributed by atoms with Crippen LogP contribution in [-0.2, 0) is 17.8 Å². The van der Waals surface area contributed by atoms with E-state index in [1.54, 1.807) is 0 Å². The highest BCUT2D eigenvalue weighted by molar-refractivity contribution is 5.75. The Hall–Kier alpha value is -2.66. The van der Waals surface area contributed by atoms with Gasteiger partial charge in [0.15, 0.2) is 0 Å². The number of amides is 3. The molecule has 176 valence electrons. The summed E-state index contributed by atoms with van der Waals surface area (Å²) >= 11 is 0. The quantitative estimate of drug-likeness (QED) is 0.626. The van der Waals surface area contributed by atoms with Gasteiger partial charge in [0.2, 0.25) is 0 Å². The van der Waals surface area contributed by atoms with Crippen molar-refractivity contribution in [2.75, 3.05) is 20.1 Å². The number of aryl methyl sites for hydroxylation is 1. The van der Waals surface area contributed by atoms with E-state index in [9.17, 15) is 9.59 Å². The van der Waals surface area contributed by atoms with E-state index < -0.39 is 0 Å². The molecule has 1 saturated heterocycles. The van der Waals surface area contributed by atoms with Crippen LogP contribution < -0.4 is 10.6 Å². The van der Waals surface area contributed by atoms with Crippen LogP contribution in [0.2, 0.25) is 0 Å². The number of likely N-dealkylation sites (N-methyl/N-ethyl adjacent to an activating group) is 1. The summed E-state index contributed by atoms with van der Waals surface area (Å²) in [6, 6.07) is 18.5. The highest BCUT2D eigenvalue weighted by Crippen LogP contribution is 2.35. The molecule has 0 aromatic heterocycles. The number of nitrogens with one attached hydrogen (secondary N) is 2.